The second-order valence-corrected chi connectivity index (χ2v) is 4.94. The van der Waals surface area contributed by atoms with E-state index in [9.17, 15) is 4.79 Å². The number of carbonyl (C=O) groups is 1. The van der Waals surface area contributed by atoms with E-state index in [0.717, 1.165) is 9.37 Å². The summed E-state index contributed by atoms with van der Waals surface area (Å²) in [7, 11) is 0. The molecule has 0 saturated heterocycles. The molecule has 0 bridgehead atoms. The summed E-state index contributed by atoms with van der Waals surface area (Å²) in [5.41, 5.74) is 2.13. The summed E-state index contributed by atoms with van der Waals surface area (Å²) in [6.07, 6.45) is 0. The van der Waals surface area contributed by atoms with Crippen molar-refractivity contribution < 1.29 is 4.79 Å². The molecule has 0 aliphatic rings. The SMILES string of the molecule is CC(Sc1ccccc1Br)C(=O)NN. The first-order valence-electron chi connectivity index (χ1n) is 4.06. The van der Waals surface area contributed by atoms with Gasteiger partial charge in [0, 0.05) is 9.37 Å². The number of amides is 1. The molecule has 0 heterocycles. The fraction of sp³-hybridized carbons (Fsp3) is 0.222. The molecule has 1 atom stereocenters. The molecule has 0 aliphatic carbocycles. The van der Waals surface area contributed by atoms with Crippen LogP contribution in [-0.2, 0) is 4.79 Å². The first-order chi connectivity index (χ1) is 6.65. The molecule has 1 aromatic carbocycles. The largest absolute Gasteiger partial charge is 0.293 e. The Kier molecular flexibility index (Phi) is 4.44. The van der Waals surface area contributed by atoms with Crippen LogP contribution in [0.2, 0.25) is 0 Å². The van der Waals surface area contributed by atoms with E-state index in [1.807, 2.05) is 31.2 Å². The van der Waals surface area contributed by atoms with Gasteiger partial charge in [0.2, 0.25) is 5.91 Å². The third-order valence-corrected chi connectivity index (χ3v) is 3.78. The van der Waals surface area contributed by atoms with E-state index in [-0.39, 0.29) is 11.2 Å². The van der Waals surface area contributed by atoms with E-state index in [1.165, 1.54) is 11.8 Å². The van der Waals surface area contributed by atoms with Crippen LogP contribution in [0.4, 0.5) is 0 Å². The maximum Gasteiger partial charge on any atom is 0.247 e. The highest BCUT2D eigenvalue weighted by Gasteiger charge is 2.13. The van der Waals surface area contributed by atoms with Crippen molar-refractivity contribution >= 4 is 33.6 Å². The molecule has 1 aromatic rings. The van der Waals surface area contributed by atoms with Gasteiger partial charge in [0.1, 0.15) is 0 Å². The van der Waals surface area contributed by atoms with Crippen molar-refractivity contribution in [3.63, 3.8) is 0 Å². The van der Waals surface area contributed by atoms with Crippen LogP contribution in [0.15, 0.2) is 33.6 Å². The lowest BCUT2D eigenvalue weighted by Gasteiger charge is -2.10. The van der Waals surface area contributed by atoms with Gasteiger partial charge in [-0.3, -0.25) is 10.2 Å². The van der Waals surface area contributed by atoms with Gasteiger partial charge in [0.05, 0.1) is 5.25 Å². The fourth-order valence-corrected chi connectivity index (χ4v) is 2.36. The van der Waals surface area contributed by atoms with Crippen LogP contribution in [0.3, 0.4) is 0 Å². The zero-order chi connectivity index (χ0) is 10.6. The molecule has 0 radical (unpaired) electrons. The van der Waals surface area contributed by atoms with Crippen molar-refractivity contribution in [2.45, 2.75) is 17.1 Å². The molecule has 1 amide bonds. The van der Waals surface area contributed by atoms with Crippen LogP contribution < -0.4 is 11.3 Å². The highest BCUT2D eigenvalue weighted by atomic mass is 79.9. The van der Waals surface area contributed by atoms with Gasteiger partial charge >= 0.3 is 0 Å². The molecule has 0 fully saturated rings. The molecule has 76 valence electrons. The number of thioether (sulfide) groups is 1. The monoisotopic (exact) mass is 274 g/mol. The maximum atomic E-state index is 11.2. The van der Waals surface area contributed by atoms with Crippen LogP contribution >= 0.6 is 27.7 Å². The van der Waals surface area contributed by atoms with Gasteiger partial charge in [0.15, 0.2) is 0 Å². The van der Waals surface area contributed by atoms with Crippen LogP contribution in [-0.4, -0.2) is 11.2 Å². The Morgan fingerprint density at radius 1 is 1.57 bits per heavy atom. The average molecular weight is 275 g/mol. The molecule has 3 N–H and O–H groups in total. The summed E-state index contributed by atoms with van der Waals surface area (Å²) < 4.78 is 0.988. The molecule has 0 saturated carbocycles. The van der Waals surface area contributed by atoms with Crippen molar-refractivity contribution in [3.8, 4) is 0 Å². The van der Waals surface area contributed by atoms with Crippen molar-refractivity contribution in [2.75, 3.05) is 0 Å². The summed E-state index contributed by atoms with van der Waals surface area (Å²) in [6, 6.07) is 7.76. The Morgan fingerprint density at radius 2 is 2.21 bits per heavy atom. The van der Waals surface area contributed by atoms with Gasteiger partial charge in [-0.05, 0) is 35.0 Å². The lowest BCUT2D eigenvalue weighted by Crippen LogP contribution is -2.36. The van der Waals surface area contributed by atoms with Gasteiger partial charge in [-0.1, -0.05) is 12.1 Å². The van der Waals surface area contributed by atoms with Gasteiger partial charge in [-0.15, -0.1) is 11.8 Å². The fourth-order valence-electron chi connectivity index (χ4n) is 0.902. The van der Waals surface area contributed by atoms with Gasteiger partial charge < -0.3 is 0 Å². The number of benzene rings is 1. The highest BCUT2D eigenvalue weighted by molar-refractivity contribution is 9.10. The summed E-state index contributed by atoms with van der Waals surface area (Å²) in [6.45, 7) is 1.81. The standard InChI is InChI=1S/C9H11BrN2OS/c1-6(9(13)12-11)14-8-5-3-2-4-7(8)10/h2-6H,11H2,1H3,(H,12,13). The first-order valence-corrected chi connectivity index (χ1v) is 5.74. The normalized spacial score (nSPS) is 12.2. The zero-order valence-electron chi connectivity index (χ0n) is 7.66. The summed E-state index contributed by atoms with van der Waals surface area (Å²) in [5, 5.41) is -0.196. The molecule has 0 aliphatic heterocycles. The number of rotatable bonds is 3. The van der Waals surface area contributed by atoms with Gasteiger partial charge in [0.25, 0.3) is 0 Å². The molecule has 0 spiro atoms. The molecule has 3 nitrogen and oxygen atoms in total. The predicted octanol–water partition coefficient (Wildman–Crippen LogP) is 1.92. The summed E-state index contributed by atoms with van der Waals surface area (Å²) in [5.74, 6) is 4.86. The Labute approximate surface area is 95.5 Å². The minimum atomic E-state index is -0.196. The zero-order valence-corrected chi connectivity index (χ0v) is 10.1. The molecule has 14 heavy (non-hydrogen) atoms. The summed E-state index contributed by atoms with van der Waals surface area (Å²) >= 11 is 4.88. The number of nitrogens with two attached hydrogens (primary N) is 1. The number of carbonyl (C=O) groups excluding carboxylic acids is 1. The van der Waals surface area contributed by atoms with Crippen LogP contribution in [0.1, 0.15) is 6.92 Å². The van der Waals surface area contributed by atoms with E-state index < -0.39 is 0 Å². The molecular formula is C9H11BrN2OS. The molecule has 1 unspecified atom stereocenters. The van der Waals surface area contributed by atoms with Crippen molar-refractivity contribution in [2.24, 2.45) is 5.84 Å². The maximum absolute atomic E-state index is 11.2. The molecular weight excluding hydrogens is 264 g/mol. The predicted molar refractivity (Wildman–Crippen MR) is 61.8 cm³/mol. The first kappa shape index (κ1) is 11.6. The van der Waals surface area contributed by atoms with E-state index in [4.69, 9.17) is 5.84 Å². The highest BCUT2D eigenvalue weighted by Crippen LogP contribution is 2.30. The van der Waals surface area contributed by atoms with E-state index in [0.29, 0.717) is 0 Å². The van der Waals surface area contributed by atoms with E-state index >= 15 is 0 Å². The van der Waals surface area contributed by atoms with Gasteiger partial charge in [-0.2, -0.15) is 0 Å². The third kappa shape index (κ3) is 3.01. The number of halogens is 1. The quantitative estimate of drug-likeness (QED) is 0.383. The van der Waals surface area contributed by atoms with Crippen molar-refractivity contribution in [1.29, 1.82) is 0 Å². The smallest absolute Gasteiger partial charge is 0.247 e. The van der Waals surface area contributed by atoms with Crippen molar-refractivity contribution in [3.05, 3.63) is 28.7 Å². The summed E-state index contributed by atoms with van der Waals surface area (Å²) in [4.78, 5) is 12.2. The van der Waals surface area contributed by atoms with Crippen molar-refractivity contribution in [1.82, 2.24) is 5.43 Å². The van der Waals surface area contributed by atoms with E-state index in [1.54, 1.807) is 0 Å². The van der Waals surface area contributed by atoms with Crippen LogP contribution in [0.5, 0.6) is 0 Å². The number of hydrazine groups is 1. The van der Waals surface area contributed by atoms with E-state index in [2.05, 4.69) is 21.4 Å². The third-order valence-electron chi connectivity index (χ3n) is 1.65. The molecule has 1 rings (SSSR count). The van der Waals surface area contributed by atoms with Gasteiger partial charge in [-0.25, -0.2) is 5.84 Å². The minimum Gasteiger partial charge on any atom is -0.293 e. The lowest BCUT2D eigenvalue weighted by atomic mass is 10.4. The molecule has 5 heteroatoms. The number of hydrogen-bond acceptors (Lipinski definition) is 3. The minimum absolute atomic E-state index is 0.175. The average Bonchev–Trinajstić information content (AvgIpc) is 2.20. The number of hydrogen-bond donors (Lipinski definition) is 2. The second-order valence-electron chi connectivity index (χ2n) is 2.70. The lowest BCUT2D eigenvalue weighted by molar-refractivity contribution is -0.120. The Morgan fingerprint density at radius 3 is 2.79 bits per heavy atom. The topological polar surface area (TPSA) is 55.1 Å². The number of nitrogens with one attached hydrogen (secondary N) is 1. The Bertz CT molecular complexity index is 332. The Balaban J connectivity index is 2.69. The van der Waals surface area contributed by atoms with Crippen LogP contribution in [0.25, 0.3) is 0 Å². The van der Waals surface area contributed by atoms with Crippen LogP contribution in [0, 0.1) is 0 Å². The Hall–Kier alpha value is -0.520. The second kappa shape index (κ2) is 5.38. The molecule has 0 aromatic heterocycles.